The summed E-state index contributed by atoms with van der Waals surface area (Å²) < 4.78 is 40.0. The van der Waals surface area contributed by atoms with E-state index >= 15 is 0 Å². The molecule has 0 spiro atoms. The van der Waals surface area contributed by atoms with Crippen LogP contribution in [0.5, 0.6) is 0 Å². The molecule has 1 aromatic heterocycles. The van der Waals surface area contributed by atoms with Crippen molar-refractivity contribution < 1.29 is 13.2 Å². The summed E-state index contributed by atoms with van der Waals surface area (Å²) in [6, 6.07) is 0. The van der Waals surface area contributed by atoms with Crippen LogP contribution in [0, 0.1) is 6.92 Å². The van der Waals surface area contributed by atoms with Crippen molar-refractivity contribution in [1.82, 2.24) is 19.6 Å². The Kier molecular flexibility index (Phi) is 5.32. The third kappa shape index (κ3) is 4.43. The first kappa shape index (κ1) is 16.8. The topological polar surface area (TPSA) is 24.3 Å². The number of piperazine rings is 1. The third-order valence-electron chi connectivity index (χ3n) is 3.69. The fourth-order valence-electron chi connectivity index (χ4n) is 2.59. The molecule has 1 aliphatic rings. The van der Waals surface area contributed by atoms with E-state index in [1.54, 1.807) is 0 Å². The second-order valence-corrected chi connectivity index (χ2v) is 6.12. The van der Waals surface area contributed by atoms with Gasteiger partial charge >= 0.3 is 6.18 Å². The minimum absolute atomic E-state index is 0.455. The van der Waals surface area contributed by atoms with E-state index in [9.17, 15) is 13.2 Å². The Morgan fingerprint density at radius 2 is 1.71 bits per heavy atom. The molecule has 0 aliphatic carbocycles. The molecule has 0 aromatic carbocycles. The Morgan fingerprint density at radius 1 is 1.14 bits per heavy atom. The predicted molar refractivity (Wildman–Crippen MR) is 78.1 cm³/mol. The van der Waals surface area contributed by atoms with Crippen molar-refractivity contribution in [2.75, 3.05) is 32.7 Å². The molecular weight excluding hydrogens is 349 g/mol. The van der Waals surface area contributed by atoms with E-state index in [2.05, 4.69) is 25.9 Å². The monoisotopic (exact) mass is 368 g/mol. The van der Waals surface area contributed by atoms with Crippen LogP contribution in [-0.4, -0.2) is 58.5 Å². The molecule has 4 nitrogen and oxygen atoms in total. The van der Waals surface area contributed by atoms with Crippen LogP contribution < -0.4 is 0 Å². The van der Waals surface area contributed by atoms with Gasteiger partial charge in [0, 0.05) is 39.3 Å². The lowest BCUT2D eigenvalue weighted by atomic mass is 10.2. The van der Waals surface area contributed by atoms with Crippen LogP contribution >= 0.6 is 15.9 Å². The highest BCUT2D eigenvalue weighted by atomic mass is 79.9. The summed E-state index contributed by atoms with van der Waals surface area (Å²) in [5.74, 6) is 0. The van der Waals surface area contributed by atoms with E-state index in [0.717, 1.165) is 29.0 Å². The first-order valence-corrected chi connectivity index (χ1v) is 7.82. The molecule has 120 valence electrons. The largest absolute Gasteiger partial charge is 0.401 e. The Morgan fingerprint density at radius 3 is 2.24 bits per heavy atom. The maximum Gasteiger partial charge on any atom is 0.401 e. The van der Waals surface area contributed by atoms with Crippen molar-refractivity contribution in [3.05, 3.63) is 15.9 Å². The van der Waals surface area contributed by atoms with E-state index < -0.39 is 12.7 Å². The highest BCUT2D eigenvalue weighted by molar-refractivity contribution is 9.10. The molecule has 21 heavy (non-hydrogen) atoms. The van der Waals surface area contributed by atoms with Crippen LogP contribution in [0.4, 0.5) is 13.2 Å². The second kappa shape index (κ2) is 6.66. The van der Waals surface area contributed by atoms with Gasteiger partial charge in [-0.05, 0) is 29.8 Å². The molecule has 2 heterocycles. The normalized spacial score (nSPS) is 18.4. The summed E-state index contributed by atoms with van der Waals surface area (Å²) in [6.07, 6.45) is -4.11. The average molecular weight is 369 g/mol. The molecule has 0 N–H and O–H groups in total. The Hall–Kier alpha value is -0.600. The van der Waals surface area contributed by atoms with Gasteiger partial charge in [-0.2, -0.15) is 18.3 Å². The third-order valence-corrected chi connectivity index (χ3v) is 4.73. The number of aromatic nitrogens is 2. The molecule has 1 aromatic rings. The fourth-order valence-corrected chi connectivity index (χ4v) is 3.00. The molecule has 0 unspecified atom stereocenters. The standard InChI is InChI=1S/C13H20BrF3N4/c1-3-21-11(12(14)10(2)18-21)8-19-4-6-20(7-5-19)9-13(15,16)17/h3-9H2,1-2H3. The molecule has 1 aliphatic heterocycles. The molecule has 0 radical (unpaired) electrons. The van der Waals surface area contributed by atoms with Crippen molar-refractivity contribution in [3.8, 4) is 0 Å². The van der Waals surface area contributed by atoms with Crippen molar-refractivity contribution >= 4 is 15.9 Å². The zero-order chi connectivity index (χ0) is 15.6. The van der Waals surface area contributed by atoms with E-state index in [-0.39, 0.29) is 0 Å². The number of rotatable bonds is 4. The van der Waals surface area contributed by atoms with Crippen molar-refractivity contribution in [2.45, 2.75) is 33.1 Å². The Balaban J connectivity index is 1.92. The van der Waals surface area contributed by atoms with Crippen molar-refractivity contribution in [3.63, 3.8) is 0 Å². The van der Waals surface area contributed by atoms with E-state index in [1.807, 2.05) is 18.5 Å². The summed E-state index contributed by atoms with van der Waals surface area (Å²) >= 11 is 3.55. The molecule has 0 bridgehead atoms. The Labute approximate surface area is 131 Å². The molecule has 8 heteroatoms. The van der Waals surface area contributed by atoms with Crippen molar-refractivity contribution in [2.24, 2.45) is 0 Å². The number of nitrogens with zero attached hydrogens (tertiary/aromatic N) is 4. The number of alkyl halides is 3. The highest BCUT2D eigenvalue weighted by Gasteiger charge is 2.32. The van der Waals surface area contributed by atoms with Crippen LogP contribution in [0.1, 0.15) is 18.3 Å². The van der Waals surface area contributed by atoms with Crippen LogP contribution in [-0.2, 0) is 13.1 Å². The van der Waals surface area contributed by atoms with Gasteiger partial charge in [0.15, 0.2) is 0 Å². The van der Waals surface area contributed by atoms with Crippen molar-refractivity contribution in [1.29, 1.82) is 0 Å². The molecule has 1 saturated heterocycles. The van der Waals surface area contributed by atoms with E-state index in [1.165, 1.54) is 4.90 Å². The van der Waals surface area contributed by atoms with Crippen LogP contribution in [0.2, 0.25) is 0 Å². The van der Waals surface area contributed by atoms with Gasteiger partial charge in [0.1, 0.15) is 0 Å². The molecule has 0 amide bonds. The van der Waals surface area contributed by atoms with Gasteiger partial charge in [-0.1, -0.05) is 0 Å². The molecule has 0 saturated carbocycles. The summed E-state index contributed by atoms with van der Waals surface area (Å²) in [7, 11) is 0. The molecule has 1 fully saturated rings. The summed E-state index contributed by atoms with van der Waals surface area (Å²) in [5.41, 5.74) is 2.04. The maximum atomic E-state index is 12.4. The second-order valence-electron chi connectivity index (χ2n) is 5.33. The van der Waals surface area contributed by atoms with Gasteiger partial charge < -0.3 is 0 Å². The zero-order valence-corrected chi connectivity index (χ0v) is 13.8. The quantitative estimate of drug-likeness (QED) is 0.816. The maximum absolute atomic E-state index is 12.4. The summed E-state index contributed by atoms with van der Waals surface area (Å²) in [6.45, 7) is 6.88. The smallest absolute Gasteiger partial charge is 0.295 e. The van der Waals surface area contributed by atoms with Gasteiger partial charge in [-0.3, -0.25) is 14.5 Å². The zero-order valence-electron chi connectivity index (χ0n) is 12.3. The molecule has 0 atom stereocenters. The van der Waals surface area contributed by atoms with Gasteiger partial charge in [-0.15, -0.1) is 0 Å². The lowest BCUT2D eigenvalue weighted by molar-refractivity contribution is -0.149. The lowest BCUT2D eigenvalue weighted by Gasteiger charge is -2.35. The van der Waals surface area contributed by atoms with Gasteiger partial charge in [-0.25, -0.2) is 0 Å². The number of hydrogen-bond donors (Lipinski definition) is 0. The first-order valence-electron chi connectivity index (χ1n) is 7.03. The fraction of sp³-hybridized carbons (Fsp3) is 0.769. The minimum Gasteiger partial charge on any atom is -0.295 e. The van der Waals surface area contributed by atoms with Crippen LogP contribution in [0.25, 0.3) is 0 Å². The molecule has 2 rings (SSSR count). The summed E-state index contributed by atoms with van der Waals surface area (Å²) in [5, 5.41) is 4.44. The SMILES string of the molecule is CCn1nc(C)c(Br)c1CN1CCN(CC(F)(F)F)CC1. The number of aryl methyl sites for hydroxylation is 2. The van der Waals surface area contributed by atoms with E-state index in [0.29, 0.717) is 26.2 Å². The minimum atomic E-state index is -4.11. The van der Waals surface area contributed by atoms with E-state index in [4.69, 9.17) is 0 Å². The average Bonchev–Trinajstić information content (AvgIpc) is 2.67. The highest BCUT2D eigenvalue weighted by Crippen LogP contribution is 2.23. The molecular formula is C13H20BrF3N4. The van der Waals surface area contributed by atoms with Gasteiger partial charge in [0.05, 0.1) is 22.4 Å². The predicted octanol–water partition coefficient (Wildman–Crippen LogP) is 2.65. The Bertz CT molecular complexity index is 478. The number of hydrogen-bond acceptors (Lipinski definition) is 3. The van der Waals surface area contributed by atoms with Crippen LogP contribution in [0.3, 0.4) is 0 Å². The first-order chi connectivity index (χ1) is 9.80. The van der Waals surface area contributed by atoms with Gasteiger partial charge in [0.25, 0.3) is 0 Å². The number of halogens is 4. The summed E-state index contributed by atoms with van der Waals surface area (Å²) in [4.78, 5) is 3.65. The lowest BCUT2D eigenvalue weighted by Crippen LogP contribution is -2.48. The van der Waals surface area contributed by atoms with Crippen LogP contribution in [0.15, 0.2) is 4.47 Å². The van der Waals surface area contributed by atoms with Gasteiger partial charge in [0.2, 0.25) is 0 Å².